The van der Waals surface area contributed by atoms with Crippen molar-refractivity contribution < 1.29 is 0 Å². The number of hydrogen-bond acceptors (Lipinski definition) is 3. The van der Waals surface area contributed by atoms with E-state index < -0.39 is 0 Å². The van der Waals surface area contributed by atoms with E-state index in [-0.39, 0.29) is 0 Å². The van der Waals surface area contributed by atoms with E-state index in [4.69, 9.17) is 5.10 Å². The summed E-state index contributed by atoms with van der Waals surface area (Å²) in [5, 5.41) is 9.48. The van der Waals surface area contributed by atoms with Crippen molar-refractivity contribution in [3.8, 4) is 0 Å². The number of nitrogens with one attached hydrogen (secondary N) is 1. The molecule has 2 aromatic rings. The molecular weight excluding hydrogens is 260 g/mol. The summed E-state index contributed by atoms with van der Waals surface area (Å²) >= 11 is 0. The second-order valence-electron chi connectivity index (χ2n) is 6.20. The van der Waals surface area contributed by atoms with Gasteiger partial charge in [0.25, 0.3) is 0 Å². The Kier molecular flexibility index (Phi) is 4.27. The lowest BCUT2D eigenvalue weighted by Gasteiger charge is -2.38. The molecule has 114 valence electrons. The molecule has 2 heterocycles. The molecule has 21 heavy (non-hydrogen) atoms. The zero-order chi connectivity index (χ0) is 14.8. The van der Waals surface area contributed by atoms with Gasteiger partial charge >= 0.3 is 0 Å². The van der Waals surface area contributed by atoms with Crippen molar-refractivity contribution in [2.45, 2.75) is 44.8 Å². The number of aromatic nitrogens is 2. The molecule has 4 nitrogen and oxygen atoms in total. The van der Waals surface area contributed by atoms with Crippen LogP contribution < -0.4 is 5.32 Å². The van der Waals surface area contributed by atoms with Gasteiger partial charge in [0.15, 0.2) is 0 Å². The minimum atomic E-state index is 0.528. The Labute approximate surface area is 127 Å². The maximum Gasteiger partial charge on any atom is 0.0843 e. The van der Waals surface area contributed by atoms with Gasteiger partial charge in [-0.3, -0.25) is 9.58 Å². The number of nitrogens with zero attached hydrogens (tertiary/aromatic N) is 3. The molecule has 0 bridgehead atoms. The molecule has 0 amide bonds. The Balaban J connectivity index is 1.86. The standard InChI is InChI=1S/C17H26N4/c1-13(18-2)16-9-6-7-11-21(16)12-15-14-8-4-5-10-17(14)20(3)19-15/h4-5,8,10,13,16,18H,6-7,9,11-12H2,1-3H3. The van der Waals surface area contributed by atoms with E-state index in [1.807, 2.05) is 11.7 Å². The summed E-state index contributed by atoms with van der Waals surface area (Å²) in [7, 11) is 4.10. The molecule has 1 N–H and O–H groups in total. The van der Waals surface area contributed by atoms with Crippen molar-refractivity contribution in [1.29, 1.82) is 0 Å². The number of rotatable bonds is 4. The fourth-order valence-corrected chi connectivity index (χ4v) is 3.57. The molecule has 1 saturated heterocycles. The van der Waals surface area contributed by atoms with Crippen LogP contribution in [0.4, 0.5) is 0 Å². The van der Waals surface area contributed by atoms with E-state index in [0.29, 0.717) is 12.1 Å². The quantitative estimate of drug-likeness (QED) is 0.937. The highest BCUT2D eigenvalue weighted by atomic mass is 15.3. The van der Waals surface area contributed by atoms with E-state index in [9.17, 15) is 0 Å². The van der Waals surface area contributed by atoms with E-state index in [0.717, 1.165) is 6.54 Å². The summed E-state index contributed by atoms with van der Waals surface area (Å²) in [5.41, 5.74) is 2.44. The Morgan fingerprint density at radius 2 is 2.14 bits per heavy atom. The minimum absolute atomic E-state index is 0.528. The number of benzene rings is 1. The van der Waals surface area contributed by atoms with Crippen LogP contribution in [0.15, 0.2) is 24.3 Å². The molecule has 1 aliphatic heterocycles. The summed E-state index contributed by atoms with van der Waals surface area (Å²) in [6.07, 6.45) is 3.93. The van der Waals surface area contributed by atoms with Gasteiger partial charge in [0.2, 0.25) is 0 Å². The second kappa shape index (κ2) is 6.16. The van der Waals surface area contributed by atoms with Gasteiger partial charge in [-0.2, -0.15) is 5.10 Å². The van der Waals surface area contributed by atoms with E-state index in [2.05, 4.69) is 48.5 Å². The first-order valence-corrected chi connectivity index (χ1v) is 8.02. The highest BCUT2D eigenvalue weighted by Crippen LogP contribution is 2.25. The number of fused-ring (bicyclic) bond motifs is 1. The van der Waals surface area contributed by atoms with Crippen molar-refractivity contribution in [2.24, 2.45) is 7.05 Å². The van der Waals surface area contributed by atoms with Gasteiger partial charge in [0, 0.05) is 31.1 Å². The predicted molar refractivity (Wildman–Crippen MR) is 87.3 cm³/mol. The first kappa shape index (κ1) is 14.5. The van der Waals surface area contributed by atoms with Crippen molar-refractivity contribution in [2.75, 3.05) is 13.6 Å². The van der Waals surface area contributed by atoms with E-state index in [1.54, 1.807) is 0 Å². The van der Waals surface area contributed by atoms with E-state index >= 15 is 0 Å². The summed E-state index contributed by atoms with van der Waals surface area (Å²) in [5.74, 6) is 0. The number of piperidine rings is 1. The number of hydrogen-bond donors (Lipinski definition) is 1. The maximum absolute atomic E-state index is 4.76. The van der Waals surface area contributed by atoms with Gasteiger partial charge in [0.05, 0.1) is 11.2 Å². The van der Waals surface area contributed by atoms with Crippen LogP contribution in [-0.4, -0.2) is 40.4 Å². The Bertz CT molecular complexity index is 604. The summed E-state index contributed by atoms with van der Waals surface area (Å²) in [6.45, 7) is 4.43. The van der Waals surface area contributed by atoms with Crippen LogP contribution in [-0.2, 0) is 13.6 Å². The third-order valence-corrected chi connectivity index (χ3v) is 4.88. The summed E-state index contributed by atoms with van der Waals surface area (Å²) in [6, 6.07) is 9.68. The molecule has 1 aromatic heterocycles. The number of likely N-dealkylation sites (N-methyl/N-ethyl adjacent to an activating group) is 1. The SMILES string of the molecule is CNC(C)C1CCCCN1Cc1nn(C)c2ccccc12. The lowest BCUT2D eigenvalue weighted by molar-refractivity contribution is 0.113. The molecule has 2 unspecified atom stereocenters. The number of likely N-dealkylation sites (tertiary alicyclic amines) is 1. The lowest BCUT2D eigenvalue weighted by atomic mass is 9.96. The average Bonchev–Trinajstić information content (AvgIpc) is 2.84. The molecule has 1 aliphatic rings. The van der Waals surface area contributed by atoms with Crippen LogP contribution in [0.25, 0.3) is 10.9 Å². The molecule has 1 fully saturated rings. The molecule has 1 aromatic carbocycles. The Hall–Kier alpha value is -1.39. The molecule has 0 spiro atoms. The first-order valence-electron chi connectivity index (χ1n) is 8.02. The predicted octanol–water partition coefficient (Wildman–Crippen LogP) is 2.54. The number of para-hydroxylation sites is 1. The molecule has 3 rings (SSSR count). The highest BCUT2D eigenvalue weighted by Gasteiger charge is 2.27. The molecule has 2 atom stereocenters. The summed E-state index contributed by atoms with van der Waals surface area (Å²) < 4.78 is 2.01. The Morgan fingerprint density at radius 3 is 2.95 bits per heavy atom. The van der Waals surface area contributed by atoms with Crippen molar-refractivity contribution in [1.82, 2.24) is 20.0 Å². The largest absolute Gasteiger partial charge is 0.316 e. The normalized spacial score (nSPS) is 21.8. The smallest absolute Gasteiger partial charge is 0.0843 e. The van der Waals surface area contributed by atoms with Gasteiger partial charge < -0.3 is 5.32 Å². The third kappa shape index (κ3) is 2.83. The van der Waals surface area contributed by atoms with Crippen LogP contribution in [0.2, 0.25) is 0 Å². The fourth-order valence-electron chi connectivity index (χ4n) is 3.57. The zero-order valence-corrected chi connectivity index (χ0v) is 13.3. The van der Waals surface area contributed by atoms with Gasteiger partial charge in [0.1, 0.15) is 0 Å². The topological polar surface area (TPSA) is 33.1 Å². The first-order chi connectivity index (χ1) is 10.2. The van der Waals surface area contributed by atoms with Crippen LogP contribution in [0, 0.1) is 0 Å². The van der Waals surface area contributed by atoms with Gasteiger partial charge in [-0.15, -0.1) is 0 Å². The van der Waals surface area contributed by atoms with Crippen molar-refractivity contribution in [3.05, 3.63) is 30.0 Å². The monoisotopic (exact) mass is 286 g/mol. The zero-order valence-electron chi connectivity index (χ0n) is 13.3. The lowest BCUT2D eigenvalue weighted by Crippen LogP contribution is -2.49. The highest BCUT2D eigenvalue weighted by molar-refractivity contribution is 5.81. The second-order valence-corrected chi connectivity index (χ2v) is 6.20. The van der Waals surface area contributed by atoms with Gasteiger partial charge in [-0.05, 0) is 39.4 Å². The Morgan fingerprint density at radius 1 is 1.33 bits per heavy atom. The average molecular weight is 286 g/mol. The van der Waals surface area contributed by atoms with Crippen LogP contribution in [0.1, 0.15) is 31.9 Å². The van der Waals surface area contributed by atoms with Crippen LogP contribution in [0.5, 0.6) is 0 Å². The molecule has 4 heteroatoms. The minimum Gasteiger partial charge on any atom is -0.316 e. The fraction of sp³-hybridized carbons (Fsp3) is 0.588. The molecule has 0 saturated carbocycles. The van der Waals surface area contributed by atoms with Crippen LogP contribution in [0.3, 0.4) is 0 Å². The van der Waals surface area contributed by atoms with Gasteiger partial charge in [-0.25, -0.2) is 0 Å². The number of aryl methyl sites for hydroxylation is 1. The molecule has 0 aliphatic carbocycles. The summed E-state index contributed by atoms with van der Waals surface area (Å²) in [4.78, 5) is 2.61. The van der Waals surface area contributed by atoms with Gasteiger partial charge in [-0.1, -0.05) is 24.6 Å². The van der Waals surface area contributed by atoms with Crippen LogP contribution >= 0.6 is 0 Å². The van der Waals surface area contributed by atoms with Crippen molar-refractivity contribution >= 4 is 10.9 Å². The maximum atomic E-state index is 4.76. The van der Waals surface area contributed by atoms with Crippen molar-refractivity contribution in [3.63, 3.8) is 0 Å². The molecule has 0 radical (unpaired) electrons. The third-order valence-electron chi connectivity index (χ3n) is 4.88. The molecular formula is C17H26N4. The van der Waals surface area contributed by atoms with E-state index in [1.165, 1.54) is 42.4 Å².